The number of nitrogens with one attached hydrogen (secondary N) is 2. The monoisotopic (exact) mass is 338 g/mol. The number of hydrogen-bond acceptors (Lipinski definition) is 4. The third-order valence-electron chi connectivity index (χ3n) is 3.90. The van der Waals surface area contributed by atoms with Gasteiger partial charge in [-0.1, -0.05) is 32.3 Å². The molecular formula is C18H34N4O2. The van der Waals surface area contributed by atoms with Crippen molar-refractivity contribution < 1.29 is 9.26 Å². The predicted molar refractivity (Wildman–Crippen MR) is 98.4 cm³/mol. The van der Waals surface area contributed by atoms with E-state index < -0.39 is 0 Å². The van der Waals surface area contributed by atoms with Gasteiger partial charge in [-0.3, -0.25) is 0 Å². The van der Waals surface area contributed by atoms with Crippen molar-refractivity contribution in [3.05, 3.63) is 17.5 Å². The van der Waals surface area contributed by atoms with Crippen molar-refractivity contribution in [1.82, 2.24) is 15.8 Å². The number of unbranched alkanes of at least 4 members (excludes halogenated alkanes) is 1. The maximum atomic E-state index is 5.55. The third-order valence-corrected chi connectivity index (χ3v) is 3.90. The van der Waals surface area contributed by atoms with E-state index in [0.717, 1.165) is 62.8 Å². The number of aromatic nitrogens is 1. The van der Waals surface area contributed by atoms with Gasteiger partial charge in [0.1, 0.15) is 6.54 Å². The molecule has 0 bridgehead atoms. The molecule has 0 aromatic carbocycles. The van der Waals surface area contributed by atoms with E-state index in [-0.39, 0.29) is 0 Å². The van der Waals surface area contributed by atoms with Gasteiger partial charge in [-0.15, -0.1) is 0 Å². The number of rotatable bonds is 12. The fourth-order valence-electron chi connectivity index (χ4n) is 2.39. The van der Waals surface area contributed by atoms with Crippen LogP contribution in [0.2, 0.25) is 0 Å². The number of guanidine groups is 1. The molecule has 0 aliphatic rings. The van der Waals surface area contributed by atoms with Crippen LogP contribution >= 0.6 is 0 Å². The molecule has 0 radical (unpaired) electrons. The van der Waals surface area contributed by atoms with Gasteiger partial charge in [0.05, 0.1) is 12.3 Å². The normalized spacial score (nSPS) is 12.0. The Labute approximate surface area is 146 Å². The molecule has 0 aliphatic carbocycles. The summed E-state index contributed by atoms with van der Waals surface area (Å²) in [5.74, 6) is 2.04. The second kappa shape index (κ2) is 12.8. The molecule has 1 aromatic rings. The highest BCUT2D eigenvalue weighted by Gasteiger charge is 2.12. The first-order chi connectivity index (χ1) is 11.7. The highest BCUT2D eigenvalue weighted by Crippen LogP contribution is 2.22. The van der Waals surface area contributed by atoms with Crippen molar-refractivity contribution in [3.8, 4) is 0 Å². The van der Waals surface area contributed by atoms with Crippen molar-refractivity contribution in [2.45, 2.75) is 65.8 Å². The Balaban J connectivity index is 2.44. The van der Waals surface area contributed by atoms with Gasteiger partial charge in [-0.05, 0) is 26.2 Å². The predicted octanol–water partition coefficient (Wildman–Crippen LogP) is 3.45. The van der Waals surface area contributed by atoms with Gasteiger partial charge in [-0.2, -0.15) is 0 Å². The molecule has 138 valence electrons. The topological polar surface area (TPSA) is 71.7 Å². The molecule has 0 spiro atoms. The molecule has 0 fully saturated rings. The van der Waals surface area contributed by atoms with Crippen molar-refractivity contribution in [3.63, 3.8) is 0 Å². The Morgan fingerprint density at radius 1 is 1.21 bits per heavy atom. The molecule has 24 heavy (non-hydrogen) atoms. The van der Waals surface area contributed by atoms with Crippen molar-refractivity contribution >= 4 is 5.96 Å². The summed E-state index contributed by atoms with van der Waals surface area (Å²) >= 11 is 0. The summed E-state index contributed by atoms with van der Waals surface area (Å²) in [6, 6.07) is 2.03. The third kappa shape index (κ3) is 7.81. The highest BCUT2D eigenvalue weighted by molar-refractivity contribution is 5.79. The fraction of sp³-hybridized carbons (Fsp3) is 0.778. The van der Waals surface area contributed by atoms with Crippen LogP contribution in [0.25, 0.3) is 0 Å². The van der Waals surface area contributed by atoms with E-state index in [2.05, 4.69) is 48.5 Å². The maximum absolute atomic E-state index is 5.55. The summed E-state index contributed by atoms with van der Waals surface area (Å²) in [5, 5.41) is 10.7. The van der Waals surface area contributed by atoms with E-state index in [1.165, 1.54) is 0 Å². The van der Waals surface area contributed by atoms with Crippen molar-refractivity contribution in [1.29, 1.82) is 0 Å². The van der Waals surface area contributed by atoms with Gasteiger partial charge >= 0.3 is 0 Å². The molecule has 0 aliphatic heterocycles. The standard InChI is InChI=1S/C18H34N4O2/c1-5-9-11-23-12-10-20-18(19-8-4)21-14-16-13-17(22-24-16)15(6-2)7-3/h13,15H,5-12,14H2,1-4H3,(H2,19,20,21). The lowest BCUT2D eigenvalue weighted by atomic mass is 9.99. The van der Waals surface area contributed by atoms with Gasteiger partial charge in [0, 0.05) is 31.7 Å². The van der Waals surface area contributed by atoms with Crippen LogP contribution in [-0.2, 0) is 11.3 Å². The van der Waals surface area contributed by atoms with Gasteiger partial charge in [0.25, 0.3) is 0 Å². The van der Waals surface area contributed by atoms with Crippen LogP contribution in [0.3, 0.4) is 0 Å². The molecule has 0 saturated carbocycles. The molecule has 0 saturated heterocycles. The molecule has 6 nitrogen and oxygen atoms in total. The molecule has 1 rings (SSSR count). The van der Waals surface area contributed by atoms with Crippen molar-refractivity contribution in [2.24, 2.45) is 4.99 Å². The Morgan fingerprint density at radius 3 is 2.67 bits per heavy atom. The van der Waals surface area contributed by atoms with Gasteiger partial charge in [0.2, 0.25) is 0 Å². The summed E-state index contributed by atoms with van der Waals surface area (Å²) < 4.78 is 11.0. The molecule has 1 heterocycles. The summed E-state index contributed by atoms with van der Waals surface area (Å²) in [6.45, 7) is 12.1. The van der Waals surface area contributed by atoms with Gasteiger partial charge < -0.3 is 19.9 Å². The Hall–Kier alpha value is -1.56. The minimum Gasteiger partial charge on any atom is -0.380 e. The second-order valence-electron chi connectivity index (χ2n) is 5.82. The second-order valence-corrected chi connectivity index (χ2v) is 5.82. The zero-order chi connectivity index (χ0) is 17.6. The first kappa shape index (κ1) is 20.5. The molecular weight excluding hydrogens is 304 g/mol. The molecule has 0 atom stereocenters. The average Bonchev–Trinajstić information content (AvgIpc) is 3.05. The maximum Gasteiger partial charge on any atom is 0.191 e. The van der Waals surface area contributed by atoms with E-state index >= 15 is 0 Å². The van der Waals surface area contributed by atoms with E-state index in [1.807, 2.05) is 6.07 Å². The van der Waals surface area contributed by atoms with Crippen LogP contribution in [0.15, 0.2) is 15.6 Å². The minimum atomic E-state index is 0.470. The first-order valence-corrected chi connectivity index (χ1v) is 9.30. The molecule has 1 aromatic heterocycles. The summed E-state index contributed by atoms with van der Waals surface area (Å²) in [5.41, 5.74) is 1.03. The van der Waals surface area contributed by atoms with E-state index in [1.54, 1.807) is 0 Å². The number of hydrogen-bond donors (Lipinski definition) is 2. The highest BCUT2D eigenvalue weighted by atomic mass is 16.5. The number of ether oxygens (including phenoxy) is 1. The Bertz CT molecular complexity index is 456. The molecule has 2 N–H and O–H groups in total. The smallest absolute Gasteiger partial charge is 0.191 e. The molecule has 0 amide bonds. The fourth-order valence-corrected chi connectivity index (χ4v) is 2.39. The lowest BCUT2D eigenvalue weighted by molar-refractivity contribution is 0.136. The van der Waals surface area contributed by atoms with Crippen LogP contribution in [0.1, 0.15) is 70.8 Å². The molecule has 6 heteroatoms. The first-order valence-electron chi connectivity index (χ1n) is 9.30. The minimum absolute atomic E-state index is 0.470. The van der Waals surface area contributed by atoms with Crippen LogP contribution in [0, 0.1) is 0 Å². The Morgan fingerprint density at radius 2 is 2.00 bits per heavy atom. The van der Waals surface area contributed by atoms with Crippen molar-refractivity contribution in [2.75, 3.05) is 26.3 Å². The van der Waals surface area contributed by atoms with Crippen LogP contribution < -0.4 is 10.6 Å². The lowest BCUT2D eigenvalue weighted by Gasteiger charge is -2.11. The number of nitrogens with zero attached hydrogens (tertiary/aromatic N) is 2. The zero-order valence-corrected chi connectivity index (χ0v) is 15.7. The van der Waals surface area contributed by atoms with E-state index in [9.17, 15) is 0 Å². The average molecular weight is 338 g/mol. The Kier molecular flexibility index (Phi) is 10.9. The summed E-state index contributed by atoms with van der Waals surface area (Å²) in [7, 11) is 0. The largest absolute Gasteiger partial charge is 0.380 e. The van der Waals surface area contributed by atoms with Crippen LogP contribution in [0.4, 0.5) is 0 Å². The summed E-state index contributed by atoms with van der Waals surface area (Å²) in [4.78, 5) is 4.55. The van der Waals surface area contributed by atoms with Crippen LogP contribution in [-0.4, -0.2) is 37.4 Å². The lowest BCUT2D eigenvalue weighted by Crippen LogP contribution is -2.39. The van der Waals surface area contributed by atoms with Gasteiger partial charge in [0.15, 0.2) is 11.7 Å². The number of aliphatic imine (C=N–C) groups is 1. The van der Waals surface area contributed by atoms with E-state index in [4.69, 9.17) is 9.26 Å². The van der Waals surface area contributed by atoms with Crippen LogP contribution in [0.5, 0.6) is 0 Å². The molecule has 0 unspecified atom stereocenters. The zero-order valence-electron chi connectivity index (χ0n) is 15.7. The van der Waals surface area contributed by atoms with E-state index in [0.29, 0.717) is 19.1 Å². The SMILES string of the molecule is CCCCOCCNC(=NCc1cc(C(CC)CC)no1)NCC. The quantitative estimate of drug-likeness (QED) is 0.347. The summed E-state index contributed by atoms with van der Waals surface area (Å²) in [6.07, 6.45) is 4.42. The van der Waals surface area contributed by atoms with Gasteiger partial charge in [-0.25, -0.2) is 4.99 Å².